The number of hydrogen-bond acceptors (Lipinski definition) is 4. The summed E-state index contributed by atoms with van der Waals surface area (Å²) in [5.41, 5.74) is 28.1. The van der Waals surface area contributed by atoms with Crippen molar-refractivity contribution in [2.75, 3.05) is 0 Å². The molecule has 0 atom stereocenters. The van der Waals surface area contributed by atoms with Gasteiger partial charge in [0.05, 0.1) is 93.7 Å². The Kier molecular flexibility index (Phi) is 13.0. The number of benzene rings is 18. The van der Waals surface area contributed by atoms with Gasteiger partial charge in [0.15, 0.2) is 5.65 Å². The van der Waals surface area contributed by atoms with E-state index in [4.69, 9.17) is 19.9 Å². The second-order valence-electron chi connectivity index (χ2n) is 31.6. The van der Waals surface area contributed by atoms with Crippen LogP contribution in [0.3, 0.4) is 0 Å². The first-order valence-corrected chi connectivity index (χ1v) is 40.6. The van der Waals surface area contributed by atoms with E-state index in [9.17, 15) is 0 Å². The topological polar surface area (TPSA) is 85.0 Å². The fourth-order valence-corrected chi connectivity index (χ4v) is 20.4. The zero-order chi connectivity index (χ0) is 77.4. The molecular weight excluding hydrogens is 1450 g/mol. The summed E-state index contributed by atoms with van der Waals surface area (Å²) in [5, 5.41) is 18.2. The molecule has 0 spiro atoms. The molecule has 0 aliphatic heterocycles. The molecule has 9 aromatic heterocycles. The molecule has 11 nitrogen and oxygen atoms in total. The molecule has 27 rings (SSSR count). The van der Waals surface area contributed by atoms with Gasteiger partial charge in [-0.1, -0.05) is 243 Å². The molecule has 0 aliphatic carbocycles. The lowest BCUT2D eigenvalue weighted by molar-refractivity contribution is 0.981. The van der Waals surface area contributed by atoms with Crippen LogP contribution in [0.2, 0.25) is 0 Å². The van der Waals surface area contributed by atoms with Gasteiger partial charge in [0, 0.05) is 87.1 Å². The first-order valence-electron chi connectivity index (χ1n) is 40.6. The SMILES string of the molecule is c1ccc2c(c1)nc(-n1c3ccccc3c3cc(-c4cc(-n5c6ccccc6c6ccccc65)cc(-n5c6ccccc6c6cc(-c7cccc8nc(-n9c%10ccccc%10c%10cc(-c%11ccc(-n%12c%13ccccc%13c%13ccccc%13%12)cc%11)c%11ccccc%11c%109)n9c%10ccccc%10nc9c78)ccc65)c4)c4ccccc4c31)n1c3ccccc3nc21. The van der Waals surface area contributed by atoms with Crippen LogP contribution in [0.25, 0.3) is 248 Å². The van der Waals surface area contributed by atoms with Crippen LogP contribution in [-0.4, -0.2) is 51.6 Å². The zero-order valence-electron chi connectivity index (χ0n) is 63.8. The quantitative estimate of drug-likeness (QED) is 0.152. The van der Waals surface area contributed by atoms with Crippen molar-refractivity contribution >= 4 is 186 Å². The number of fused-ring (bicyclic) bond motifs is 29. The highest BCUT2D eigenvalue weighted by Gasteiger charge is 2.29. The summed E-state index contributed by atoms with van der Waals surface area (Å²) in [6, 6.07) is 140. The van der Waals surface area contributed by atoms with E-state index in [1.165, 1.54) is 38.1 Å². The minimum absolute atomic E-state index is 0.766. The highest BCUT2D eigenvalue weighted by Crippen LogP contribution is 2.49. The second kappa shape index (κ2) is 24.2. The van der Waals surface area contributed by atoms with E-state index in [0.29, 0.717) is 0 Å². The van der Waals surface area contributed by atoms with Gasteiger partial charge in [0.2, 0.25) is 11.9 Å². The maximum Gasteiger partial charge on any atom is 0.221 e. The van der Waals surface area contributed by atoms with Gasteiger partial charge in [-0.25, -0.2) is 19.9 Å². The van der Waals surface area contributed by atoms with E-state index >= 15 is 0 Å². The molecule has 11 heteroatoms. The first-order chi connectivity index (χ1) is 59.1. The van der Waals surface area contributed by atoms with Crippen LogP contribution in [0.4, 0.5) is 0 Å². The minimum atomic E-state index is 0.766. The molecule has 0 saturated carbocycles. The molecule has 119 heavy (non-hydrogen) atoms. The fraction of sp³-hybridized carbons (Fsp3) is 0. The van der Waals surface area contributed by atoms with Crippen molar-refractivity contribution in [1.29, 1.82) is 0 Å². The number of nitrogens with zero attached hydrogens (tertiary/aromatic N) is 11. The number of hydrogen-bond donors (Lipinski definition) is 0. The Morgan fingerprint density at radius 1 is 0.168 bits per heavy atom. The van der Waals surface area contributed by atoms with E-state index in [1.54, 1.807) is 0 Å². The average Bonchev–Trinajstić information content (AvgIpc) is 1.46. The van der Waals surface area contributed by atoms with Gasteiger partial charge < -0.3 is 13.7 Å². The lowest BCUT2D eigenvalue weighted by Gasteiger charge is -2.18. The maximum absolute atomic E-state index is 5.94. The van der Waals surface area contributed by atoms with E-state index in [2.05, 4.69) is 414 Å². The Bertz CT molecular complexity index is 9050. The molecule has 18 aromatic carbocycles. The zero-order valence-corrected chi connectivity index (χ0v) is 63.8. The summed E-state index contributed by atoms with van der Waals surface area (Å²) in [5.74, 6) is 1.55. The molecule has 0 bridgehead atoms. The number of para-hydroxylation sites is 12. The third-order valence-electron chi connectivity index (χ3n) is 25.4. The smallest absolute Gasteiger partial charge is 0.221 e. The number of imidazole rings is 2. The summed E-state index contributed by atoms with van der Waals surface area (Å²) in [7, 11) is 0. The lowest BCUT2D eigenvalue weighted by atomic mass is 9.94. The normalized spacial score (nSPS) is 12.4. The standard InChI is InChI=1S/C108H63N11/c1-3-35-80-71(26-1)83(64-52-55-67(56-53-64)113-92-43-16-6-28-73(92)74-29-7-17-44-93(74)113)62-86-78-33-11-22-49-98(78)117(103(80)86)108-112-91-42-25-38-70(102(91)106-110-90-41-15-24-51-101(90)119(106)108)65-54-57-99-85(60-65)77-32-10-20-47-96(77)115(99)69-59-66(58-68(61-69)114-94-45-18-8-30-75(94)76-31-9-19-46-95(76)114)84-63-87-79-34-12-21-48-97(79)116(104(87)81-36-4-2-27-72(81)84)107-111-88-39-13-5-37-82(88)105-109-89-40-14-23-50-100(89)118(105)107/h1-63H. The maximum atomic E-state index is 5.94. The van der Waals surface area contributed by atoms with Gasteiger partial charge in [0.25, 0.3) is 0 Å². The van der Waals surface area contributed by atoms with Crippen molar-refractivity contribution in [1.82, 2.24) is 51.6 Å². The van der Waals surface area contributed by atoms with Crippen LogP contribution >= 0.6 is 0 Å². The van der Waals surface area contributed by atoms with Crippen LogP contribution in [0.15, 0.2) is 382 Å². The Morgan fingerprint density at radius 3 is 1.01 bits per heavy atom. The summed E-state index contributed by atoms with van der Waals surface area (Å²) >= 11 is 0. The summed E-state index contributed by atoms with van der Waals surface area (Å²) in [4.78, 5) is 22.6. The first kappa shape index (κ1) is 64.2. The molecule has 0 amide bonds. The van der Waals surface area contributed by atoms with Crippen molar-refractivity contribution in [2.24, 2.45) is 0 Å². The third-order valence-corrected chi connectivity index (χ3v) is 25.4. The monoisotopic (exact) mass is 1510 g/mol. The van der Waals surface area contributed by atoms with E-state index in [-0.39, 0.29) is 0 Å². The van der Waals surface area contributed by atoms with Crippen molar-refractivity contribution in [3.63, 3.8) is 0 Å². The summed E-state index contributed by atoms with van der Waals surface area (Å²) in [6.45, 7) is 0. The second-order valence-corrected chi connectivity index (χ2v) is 31.6. The van der Waals surface area contributed by atoms with Gasteiger partial charge in [-0.3, -0.25) is 17.9 Å². The van der Waals surface area contributed by atoms with E-state index in [1.807, 2.05) is 0 Å². The number of aromatic nitrogens is 11. The molecule has 0 unspecified atom stereocenters. The van der Waals surface area contributed by atoms with Crippen molar-refractivity contribution in [3.05, 3.63) is 382 Å². The predicted molar refractivity (Wildman–Crippen MR) is 493 cm³/mol. The molecule has 550 valence electrons. The largest absolute Gasteiger partial charge is 0.309 e. The van der Waals surface area contributed by atoms with E-state index in [0.717, 1.165) is 210 Å². The Balaban J connectivity index is 0.654. The molecule has 27 aromatic rings. The van der Waals surface area contributed by atoms with Crippen molar-refractivity contribution in [3.8, 4) is 62.3 Å². The van der Waals surface area contributed by atoms with Gasteiger partial charge in [-0.05, 0) is 184 Å². The van der Waals surface area contributed by atoms with Gasteiger partial charge in [-0.15, -0.1) is 0 Å². The Morgan fingerprint density at radius 2 is 0.513 bits per heavy atom. The average molecular weight is 1510 g/mol. The van der Waals surface area contributed by atoms with Crippen LogP contribution in [0.5, 0.6) is 0 Å². The molecule has 0 N–H and O–H groups in total. The molecule has 0 aliphatic rings. The van der Waals surface area contributed by atoms with Crippen molar-refractivity contribution in [2.45, 2.75) is 0 Å². The summed E-state index contributed by atoms with van der Waals surface area (Å²) in [6.07, 6.45) is 0. The predicted octanol–water partition coefficient (Wildman–Crippen LogP) is 27.2. The minimum Gasteiger partial charge on any atom is -0.309 e. The Labute approximate surface area is 677 Å². The number of rotatable bonds is 8. The molecular formula is C108H63N11. The van der Waals surface area contributed by atoms with Gasteiger partial charge in [0.1, 0.15) is 5.65 Å². The molecule has 0 saturated heterocycles. The lowest BCUT2D eigenvalue weighted by Crippen LogP contribution is -2.07. The van der Waals surface area contributed by atoms with Crippen molar-refractivity contribution < 1.29 is 0 Å². The third kappa shape index (κ3) is 8.93. The van der Waals surface area contributed by atoms with Gasteiger partial charge >= 0.3 is 0 Å². The van der Waals surface area contributed by atoms with Crippen LogP contribution in [-0.2, 0) is 0 Å². The molecule has 9 heterocycles. The van der Waals surface area contributed by atoms with Crippen LogP contribution in [0.1, 0.15) is 0 Å². The highest BCUT2D eigenvalue weighted by molar-refractivity contribution is 6.25. The highest BCUT2D eigenvalue weighted by atomic mass is 15.2. The Hall–Kier alpha value is -16.2. The molecule has 0 radical (unpaired) electrons. The van der Waals surface area contributed by atoms with E-state index < -0.39 is 0 Å². The summed E-state index contributed by atoms with van der Waals surface area (Å²) < 4.78 is 16.7. The molecule has 0 fully saturated rings. The van der Waals surface area contributed by atoms with Crippen LogP contribution < -0.4 is 0 Å². The van der Waals surface area contributed by atoms with Gasteiger partial charge in [-0.2, -0.15) is 0 Å². The fourth-order valence-electron chi connectivity index (χ4n) is 20.4. The van der Waals surface area contributed by atoms with Crippen LogP contribution in [0, 0.1) is 0 Å².